The standard InChI is InChI=1S/C12H20NO4P/c1-4-12(5-2,18(14,15)16)9-6-7-10(13)11(8-9)17-3/h6-8H,4-5,13H2,1-3H3,(H2,14,15,16). The summed E-state index contributed by atoms with van der Waals surface area (Å²) >= 11 is 0. The Labute approximate surface area is 107 Å². The van der Waals surface area contributed by atoms with Crippen LogP contribution in [0.5, 0.6) is 5.75 Å². The van der Waals surface area contributed by atoms with Gasteiger partial charge in [0.2, 0.25) is 0 Å². The molecule has 18 heavy (non-hydrogen) atoms. The largest absolute Gasteiger partial charge is 0.495 e. The summed E-state index contributed by atoms with van der Waals surface area (Å²) in [6.45, 7) is 3.54. The molecule has 1 aromatic carbocycles. The van der Waals surface area contributed by atoms with Crippen LogP contribution in [0.2, 0.25) is 0 Å². The Morgan fingerprint density at radius 1 is 1.33 bits per heavy atom. The third kappa shape index (κ3) is 2.39. The average Bonchev–Trinajstić information content (AvgIpc) is 2.31. The smallest absolute Gasteiger partial charge is 0.335 e. The normalized spacial score (nSPS) is 12.5. The van der Waals surface area contributed by atoms with Crippen molar-refractivity contribution in [2.24, 2.45) is 0 Å². The van der Waals surface area contributed by atoms with Crippen molar-refractivity contribution in [3.63, 3.8) is 0 Å². The van der Waals surface area contributed by atoms with Crippen molar-refractivity contribution in [2.75, 3.05) is 12.8 Å². The Balaban J connectivity index is 3.44. The van der Waals surface area contributed by atoms with Crippen LogP contribution < -0.4 is 10.5 Å². The van der Waals surface area contributed by atoms with E-state index >= 15 is 0 Å². The molecule has 0 unspecified atom stereocenters. The molecule has 0 radical (unpaired) electrons. The van der Waals surface area contributed by atoms with Gasteiger partial charge in [0.25, 0.3) is 0 Å². The van der Waals surface area contributed by atoms with Crippen molar-refractivity contribution in [1.82, 2.24) is 0 Å². The summed E-state index contributed by atoms with van der Waals surface area (Å²) in [6, 6.07) is 4.88. The van der Waals surface area contributed by atoms with Gasteiger partial charge < -0.3 is 20.3 Å². The summed E-state index contributed by atoms with van der Waals surface area (Å²) in [6.07, 6.45) is 0.696. The lowest BCUT2D eigenvalue weighted by Gasteiger charge is -2.33. The summed E-state index contributed by atoms with van der Waals surface area (Å²) in [4.78, 5) is 19.3. The molecule has 0 saturated heterocycles. The van der Waals surface area contributed by atoms with Gasteiger partial charge in [-0.3, -0.25) is 4.57 Å². The first-order valence-electron chi connectivity index (χ1n) is 5.82. The maximum absolute atomic E-state index is 11.8. The third-order valence-electron chi connectivity index (χ3n) is 3.50. The summed E-state index contributed by atoms with van der Waals surface area (Å²) < 4.78 is 16.9. The molecule has 0 saturated carbocycles. The van der Waals surface area contributed by atoms with E-state index in [9.17, 15) is 14.4 Å². The van der Waals surface area contributed by atoms with E-state index in [1.165, 1.54) is 7.11 Å². The van der Waals surface area contributed by atoms with E-state index in [-0.39, 0.29) is 0 Å². The third-order valence-corrected chi connectivity index (χ3v) is 5.50. The highest BCUT2D eigenvalue weighted by atomic mass is 31.2. The molecule has 5 nitrogen and oxygen atoms in total. The van der Waals surface area contributed by atoms with Crippen LogP contribution in [0.3, 0.4) is 0 Å². The van der Waals surface area contributed by atoms with Gasteiger partial charge in [-0.25, -0.2) is 0 Å². The predicted molar refractivity (Wildman–Crippen MR) is 71.7 cm³/mol. The van der Waals surface area contributed by atoms with Crippen LogP contribution in [0.1, 0.15) is 32.3 Å². The minimum Gasteiger partial charge on any atom is -0.495 e. The Kier molecular flexibility index (Phi) is 4.43. The van der Waals surface area contributed by atoms with Crippen LogP contribution >= 0.6 is 7.60 Å². The zero-order chi connectivity index (χ0) is 14.0. The van der Waals surface area contributed by atoms with Crippen molar-refractivity contribution in [1.29, 1.82) is 0 Å². The Morgan fingerprint density at radius 2 is 1.89 bits per heavy atom. The number of rotatable bonds is 5. The number of anilines is 1. The molecule has 4 N–H and O–H groups in total. The van der Waals surface area contributed by atoms with Gasteiger partial charge in [-0.05, 0) is 30.5 Å². The van der Waals surface area contributed by atoms with Gasteiger partial charge in [0, 0.05) is 0 Å². The zero-order valence-electron chi connectivity index (χ0n) is 10.9. The molecule has 0 bridgehead atoms. The van der Waals surface area contributed by atoms with Crippen LogP contribution in [0, 0.1) is 0 Å². The first kappa shape index (κ1) is 15.0. The SMILES string of the molecule is CCC(CC)(c1ccc(N)c(OC)c1)P(=O)(O)O. The topological polar surface area (TPSA) is 92.8 Å². The maximum Gasteiger partial charge on any atom is 0.335 e. The van der Waals surface area contributed by atoms with Crippen LogP contribution in [0.4, 0.5) is 5.69 Å². The summed E-state index contributed by atoms with van der Waals surface area (Å²) in [5.41, 5.74) is 6.73. The van der Waals surface area contributed by atoms with E-state index < -0.39 is 12.8 Å². The van der Waals surface area contributed by atoms with Gasteiger partial charge in [-0.2, -0.15) is 0 Å². The van der Waals surface area contributed by atoms with Crippen LogP contribution in [0.25, 0.3) is 0 Å². The van der Waals surface area contributed by atoms with Crippen molar-refractivity contribution in [3.05, 3.63) is 23.8 Å². The monoisotopic (exact) mass is 273 g/mol. The fraction of sp³-hybridized carbons (Fsp3) is 0.500. The summed E-state index contributed by atoms with van der Waals surface area (Å²) in [7, 11) is -2.79. The van der Waals surface area contributed by atoms with Crippen molar-refractivity contribution in [3.8, 4) is 5.75 Å². The lowest BCUT2D eigenvalue weighted by Crippen LogP contribution is -2.24. The highest BCUT2D eigenvalue weighted by Gasteiger charge is 2.45. The molecule has 0 aliphatic carbocycles. The van der Waals surface area contributed by atoms with E-state index in [1.54, 1.807) is 32.0 Å². The number of methoxy groups -OCH3 is 1. The van der Waals surface area contributed by atoms with Gasteiger partial charge in [-0.1, -0.05) is 19.9 Å². The van der Waals surface area contributed by atoms with Gasteiger partial charge in [0.15, 0.2) is 0 Å². The van der Waals surface area contributed by atoms with E-state index in [4.69, 9.17) is 10.5 Å². The molecule has 0 heterocycles. The molecule has 0 atom stereocenters. The molecular formula is C12H20NO4P. The summed E-state index contributed by atoms with van der Waals surface area (Å²) in [5.74, 6) is 0.437. The molecule has 0 amide bonds. The molecule has 6 heteroatoms. The molecule has 0 aliphatic heterocycles. The molecule has 0 aliphatic rings. The van der Waals surface area contributed by atoms with Gasteiger partial charge in [0.05, 0.1) is 18.0 Å². The van der Waals surface area contributed by atoms with Crippen LogP contribution in [-0.4, -0.2) is 16.9 Å². The molecule has 0 fully saturated rings. The number of hydrogen-bond acceptors (Lipinski definition) is 3. The quantitative estimate of drug-likeness (QED) is 0.566. The number of ether oxygens (including phenoxy) is 1. The zero-order valence-corrected chi connectivity index (χ0v) is 11.8. The molecular weight excluding hydrogens is 253 g/mol. The van der Waals surface area contributed by atoms with Crippen LogP contribution in [-0.2, 0) is 9.72 Å². The second-order valence-electron chi connectivity index (χ2n) is 4.24. The molecule has 0 aromatic heterocycles. The highest BCUT2D eigenvalue weighted by molar-refractivity contribution is 7.53. The first-order valence-corrected chi connectivity index (χ1v) is 7.43. The van der Waals surface area contributed by atoms with Gasteiger partial charge >= 0.3 is 7.60 Å². The number of nitrogens with two attached hydrogens (primary N) is 1. The second-order valence-corrected chi connectivity index (χ2v) is 6.18. The molecule has 1 aromatic rings. The Bertz CT molecular complexity index is 465. The predicted octanol–water partition coefficient (Wildman–Crippen LogP) is 2.47. The second kappa shape index (κ2) is 5.31. The maximum atomic E-state index is 11.8. The highest BCUT2D eigenvalue weighted by Crippen LogP contribution is 2.61. The Morgan fingerprint density at radius 3 is 2.28 bits per heavy atom. The number of hydrogen-bond donors (Lipinski definition) is 3. The minimum absolute atomic E-state index is 0.348. The van der Waals surface area contributed by atoms with Gasteiger partial charge in [0.1, 0.15) is 5.75 Å². The fourth-order valence-electron chi connectivity index (χ4n) is 2.24. The van der Waals surface area contributed by atoms with Crippen molar-refractivity contribution in [2.45, 2.75) is 31.8 Å². The number of benzene rings is 1. The number of nitrogen functional groups attached to an aromatic ring is 1. The van der Waals surface area contributed by atoms with E-state index in [2.05, 4.69) is 0 Å². The molecule has 102 valence electrons. The van der Waals surface area contributed by atoms with Gasteiger partial charge in [-0.15, -0.1) is 0 Å². The van der Waals surface area contributed by atoms with E-state index in [0.29, 0.717) is 29.8 Å². The lowest BCUT2D eigenvalue weighted by atomic mass is 9.92. The Hall–Kier alpha value is -1.03. The fourth-order valence-corrected chi connectivity index (χ4v) is 3.54. The summed E-state index contributed by atoms with van der Waals surface area (Å²) in [5, 5.41) is -1.17. The van der Waals surface area contributed by atoms with E-state index in [1.807, 2.05) is 0 Å². The average molecular weight is 273 g/mol. The first-order chi connectivity index (χ1) is 8.32. The lowest BCUT2D eigenvalue weighted by molar-refractivity contribution is 0.315. The minimum atomic E-state index is -4.27. The van der Waals surface area contributed by atoms with E-state index in [0.717, 1.165) is 0 Å². The van der Waals surface area contributed by atoms with Crippen molar-refractivity contribution < 1.29 is 19.1 Å². The van der Waals surface area contributed by atoms with Crippen molar-refractivity contribution >= 4 is 13.3 Å². The molecule has 0 spiro atoms. The molecule has 1 rings (SSSR count). The van der Waals surface area contributed by atoms with Crippen LogP contribution in [0.15, 0.2) is 18.2 Å².